The van der Waals surface area contributed by atoms with E-state index in [2.05, 4.69) is 5.32 Å². The minimum Gasteiger partial charge on any atom is -0.453 e. The zero-order chi connectivity index (χ0) is 24.4. The van der Waals surface area contributed by atoms with Crippen molar-refractivity contribution in [2.75, 3.05) is 0 Å². The summed E-state index contributed by atoms with van der Waals surface area (Å²) in [7, 11) is 0. The second kappa shape index (κ2) is 9.06. The number of cyclic esters (lactones) is 1. The number of hydrogen-bond acceptors (Lipinski definition) is 6. The fourth-order valence-electron chi connectivity index (χ4n) is 4.62. The van der Waals surface area contributed by atoms with Gasteiger partial charge < -0.3 is 9.47 Å². The van der Waals surface area contributed by atoms with Crippen molar-refractivity contribution in [1.29, 1.82) is 0 Å². The van der Waals surface area contributed by atoms with Gasteiger partial charge in [-0.3, -0.25) is 19.8 Å². The number of nitrogens with one attached hydrogen (secondary N) is 1. The van der Waals surface area contributed by atoms with E-state index in [0.717, 1.165) is 10.5 Å². The molecule has 2 aliphatic heterocycles. The predicted octanol–water partition coefficient (Wildman–Crippen LogP) is 3.45. The molecule has 3 aromatic rings. The van der Waals surface area contributed by atoms with Gasteiger partial charge in [0.15, 0.2) is 6.10 Å². The van der Waals surface area contributed by atoms with Gasteiger partial charge in [-0.15, -0.1) is 0 Å². The van der Waals surface area contributed by atoms with E-state index in [0.29, 0.717) is 11.1 Å². The number of nitrogens with zero attached hydrogens (tertiary/aromatic N) is 1. The van der Waals surface area contributed by atoms with Crippen molar-refractivity contribution in [3.8, 4) is 0 Å². The first-order valence-corrected chi connectivity index (χ1v) is 11.2. The fraction of sp³-hybridized carbons (Fsp3) is 0.185. The topological polar surface area (TPSA) is 102 Å². The quantitative estimate of drug-likeness (QED) is 0.356. The van der Waals surface area contributed by atoms with E-state index in [1.165, 1.54) is 0 Å². The minimum atomic E-state index is -2.17. The first-order chi connectivity index (χ1) is 17.0. The third kappa shape index (κ3) is 3.93. The van der Waals surface area contributed by atoms with Crippen LogP contribution in [0.1, 0.15) is 35.3 Å². The minimum absolute atomic E-state index is 0.0750. The van der Waals surface area contributed by atoms with Crippen LogP contribution in [0, 0.1) is 0 Å². The Labute approximate surface area is 201 Å². The second-order valence-electron chi connectivity index (χ2n) is 8.42. The molecule has 1 spiro atoms. The number of hydrogen-bond donors (Lipinski definition) is 1. The molecule has 2 saturated heterocycles. The number of morpholine rings is 1. The van der Waals surface area contributed by atoms with Crippen LogP contribution >= 0.6 is 0 Å². The molecule has 2 fully saturated rings. The van der Waals surface area contributed by atoms with Crippen LogP contribution in [-0.2, 0) is 30.5 Å². The van der Waals surface area contributed by atoms with E-state index in [4.69, 9.17) is 9.47 Å². The molecule has 2 heterocycles. The van der Waals surface area contributed by atoms with Crippen LogP contribution in [0.4, 0.5) is 4.79 Å². The van der Waals surface area contributed by atoms with Crippen LogP contribution in [0.15, 0.2) is 91.0 Å². The molecule has 176 valence electrons. The van der Waals surface area contributed by atoms with Crippen molar-refractivity contribution in [1.82, 2.24) is 10.2 Å². The zero-order valence-electron chi connectivity index (χ0n) is 18.6. The third-order valence-corrected chi connectivity index (χ3v) is 6.26. The summed E-state index contributed by atoms with van der Waals surface area (Å²) in [6, 6.07) is 26.0. The Morgan fingerprint density at radius 3 is 2.03 bits per heavy atom. The number of esters is 1. The molecule has 3 amide bonds. The lowest BCUT2D eigenvalue weighted by Crippen LogP contribution is -2.66. The molecule has 3 aromatic carbocycles. The molecule has 0 aromatic heterocycles. The number of benzene rings is 3. The summed E-state index contributed by atoms with van der Waals surface area (Å²) < 4.78 is 11.4. The van der Waals surface area contributed by atoms with Gasteiger partial charge in [-0.2, -0.15) is 0 Å². The monoisotopic (exact) mass is 470 g/mol. The van der Waals surface area contributed by atoms with Crippen LogP contribution < -0.4 is 5.32 Å². The van der Waals surface area contributed by atoms with Crippen molar-refractivity contribution < 1.29 is 28.7 Å². The maximum absolute atomic E-state index is 13.7. The Bertz CT molecular complexity index is 1260. The molecule has 3 atom stereocenters. The highest BCUT2D eigenvalue weighted by atomic mass is 16.6. The standard InChI is InChI=1S/C27H22N2O6/c30-21-16-27(24(31)28-21)25(32)35-23(20-14-8-3-9-15-20)22(19-12-6-2-7-13-19)29(27)26(33)34-17-18-10-4-1-5-11-18/h1-15,22-23H,16-17H2,(H,28,30,31)/t22-,23+,27+/m0/s1. The second-order valence-corrected chi connectivity index (χ2v) is 8.42. The molecule has 0 saturated carbocycles. The summed E-state index contributed by atoms with van der Waals surface area (Å²) in [6.07, 6.45) is -2.37. The highest BCUT2D eigenvalue weighted by Crippen LogP contribution is 2.48. The first kappa shape index (κ1) is 22.3. The summed E-state index contributed by atoms with van der Waals surface area (Å²) >= 11 is 0. The number of carbonyl (C=O) groups excluding carboxylic acids is 4. The third-order valence-electron chi connectivity index (χ3n) is 6.26. The number of ether oxygens (including phenoxy) is 2. The molecular weight excluding hydrogens is 448 g/mol. The van der Waals surface area contributed by atoms with E-state index in [9.17, 15) is 19.2 Å². The first-order valence-electron chi connectivity index (χ1n) is 11.2. The van der Waals surface area contributed by atoms with Crippen LogP contribution in [0.3, 0.4) is 0 Å². The van der Waals surface area contributed by atoms with E-state index < -0.39 is 48.0 Å². The van der Waals surface area contributed by atoms with E-state index in [-0.39, 0.29) is 6.61 Å². The zero-order valence-corrected chi connectivity index (χ0v) is 18.6. The normalized spacial score (nSPS) is 23.7. The summed E-state index contributed by atoms with van der Waals surface area (Å²) in [6.45, 7) is -0.0750. The Morgan fingerprint density at radius 1 is 0.886 bits per heavy atom. The Kier molecular flexibility index (Phi) is 5.78. The maximum atomic E-state index is 13.7. The molecule has 5 rings (SSSR count). The van der Waals surface area contributed by atoms with Gasteiger partial charge in [0.25, 0.3) is 5.91 Å². The Morgan fingerprint density at radius 2 is 1.46 bits per heavy atom. The maximum Gasteiger partial charge on any atom is 0.412 e. The lowest BCUT2D eigenvalue weighted by atomic mass is 9.84. The predicted molar refractivity (Wildman–Crippen MR) is 123 cm³/mol. The lowest BCUT2D eigenvalue weighted by Gasteiger charge is -2.48. The Hall–Kier alpha value is -4.46. The number of imide groups is 1. The average molecular weight is 470 g/mol. The van der Waals surface area contributed by atoms with E-state index in [1.54, 1.807) is 60.7 Å². The van der Waals surface area contributed by atoms with Gasteiger partial charge in [-0.25, -0.2) is 9.59 Å². The molecule has 2 aliphatic rings. The molecule has 8 heteroatoms. The number of amides is 3. The van der Waals surface area contributed by atoms with Gasteiger partial charge in [0.1, 0.15) is 12.6 Å². The van der Waals surface area contributed by atoms with Crippen LogP contribution in [0.5, 0.6) is 0 Å². The summed E-state index contributed by atoms with van der Waals surface area (Å²) in [4.78, 5) is 53.6. The molecule has 0 unspecified atom stereocenters. The Balaban J connectivity index is 1.63. The van der Waals surface area contributed by atoms with Gasteiger partial charge in [0.05, 0.1) is 6.42 Å². The lowest BCUT2D eigenvalue weighted by molar-refractivity contribution is -0.187. The summed E-state index contributed by atoms with van der Waals surface area (Å²) in [5.41, 5.74) is -0.180. The van der Waals surface area contributed by atoms with E-state index >= 15 is 0 Å². The number of rotatable bonds is 4. The van der Waals surface area contributed by atoms with Crippen LogP contribution in [0.2, 0.25) is 0 Å². The molecule has 0 radical (unpaired) electrons. The molecular formula is C27H22N2O6. The largest absolute Gasteiger partial charge is 0.453 e. The summed E-state index contributed by atoms with van der Waals surface area (Å²) in [5.74, 6) is -2.55. The molecule has 1 N–H and O–H groups in total. The van der Waals surface area contributed by atoms with Crippen molar-refractivity contribution in [3.05, 3.63) is 108 Å². The molecule has 8 nitrogen and oxygen atoms in total. The van der Waals surface area contributed by atoms with Crippen molar-refractivity contribution in [2.45, 2.75) is 30.7 Å². The van der Waals surface area contributed by atoms with Gasteiger partial charge in [-0.1, -0.05) is 91.0 Å². The van der Waals surface area contributed by atoms with Gasteiger partial charge >= 0.3 is 12.1 Å². The molecule has 0 aliphatic carbocycles. The SMILES string of the molecule is O=C1C[C@@]2(C(=O)N1)C(=O)O[C@H](c1ccccc1)[C@H](c1ccccc1)N2C(=O)OCc1ccccc1. The highest BCUT2D eigenvalue weighted by molar-refractivity contribution is 6.21. The van der Waals surface area contributed by atoms with Gasteiger partial charge in [-0.05, 0) is 16.7 Å². The van der Waals surface area contributed by atoms with Crippen LogP contribution in [0.25, 0.3) is 0 Å². The van der Waals surface area contributed by atoms with Crippen molar-refractivity contribution in [3.63, 3.8) is 0 Å². The highest BCUT2D eigenvalue weighted by Gasteiger charge is 2.66. The number of carbonyl (C=O) groups is 4. The average Bonchev–Trinajstić information content (AvgIpc) is 3.19. The molecule has 0 bridgehead atoms. The smallest absolute Gasteiger partial charge is 0.412 e. The molecule has 35 heavy (non-hydrogen) atoms. The fourth-order valence-corrected chi connectivity index (χ4v) is 4.62. The van der Waals surface area contributed by atoms with Gasteiger partial charge in [0, 0.05) is 0 Å². The van der Waals surface area contributed by atoms with E-state index in [1.807, 2.05) is 30.3 Å². The van der Waals surface area contributed by atoms with Crippen molar-refractivity contribution in [2.24, 2.45) is 0 Å². The summed E-state index contributed by atoms with van der Waals surface area (Å²) in [5, 5.41) is 2.16. The van der Waals surface area contributed by atoms with Gasteiger partial charge in [0.2, 0.25) is 11.4 Å². The van der Waals surface area contributed by atoms with Crippen LogP contribution in [-0.4, -0.2) is 34.3 Å². The van der Waals surface area contributed by atoms with Crippen molar-refractivity contribution >= 4 is 23.9 Å².